The Balaban J connectivity index is 1.48. The van der Waals surface area contributed by atoms with Crippen LogP contribution in [0.25, 0.3) is 21.9 Å². The van der Waals surface area contributed by atoms with Gasteiger partial charge in [0.25, 0.3) is 11.5 Å². The quantitative estimate of drug-likeness (QED) is 0.235. The molecule has 36 heavy (non-hydrogen) atoms. The minimum atomic E-state index is -0.317. The van der Waals surface area contributed by atoms with E-state index in [2.05, 4.69) is 23.6 Å². The molecule has 2 aromatic carbocycles. The van der Waals surface area contributed by atoms with Crippen LogP contribution >= 0.6 is 11.3 Å². The fourth-order valence-electron chi connectivity index (χ4n) is 4.46. The molecule has 0 saturated carbocycles. The van der Waals surface area contributed by atoms with E-state index in [0.29, 0.717) is 34.0 Å². The molecule has 1 aliphatic rings. The summed E-state index contributed by atoms with van der Waals surface area (Å²) in [6.07, 6.45) is 7.27. The molecule has 2 aromatic heterocycles. The first-order valence-electron chi connectivity index (χ1n) is 12.3. The molecule has 0 aliphatic carbocycles. The van der Waals surface area contributed by atoms with Crippen LogP contribution in [0.15, 0.2) is 66.0 Å². The zero-order chi connectivity index (χ0) is 25.1. The predicted octanol–water partition coefficient (Wildman–Crippen LogP) is 4.62. The number of anilines is 1. The SMILES string of the molecule is C=CCOc1ccc(-c2nc3sc(=C4C(=O)N(CCCCCCC)c5ccccc54)c(=O)n3n2)cc1. The van der Waals surface area contributed by atoms with Crippen molar-refractivity contribution in [2.45, 2.75) is 39.0 Å². The van der Waals surface area contributed by atoms with Gasteiger partial charge in [-0.25, -0.2) is 0 Å². The second-order valence-corrected chi connectivity index (χ2v) is 9.73. The highest BCUT2D eigenvalue weighted by Crippen LogP contribution is 2.35. The highest BCUT2D eigenvalue weighted by atomic mass is 32.1. The Labute approximate surface area is 213 Å². The normalized spacial score (nSPS) is 14.5. The molecule has 5 rings (SSSR count). The van der Waals surface area contributed by atoms with Crippen molar-refractivity contribution in [2.75, 3.05) is 18.1 Å². The smallest absolute Gasteiger partial charge is 0.291 e. The first-order valence-corrected chi connectivity index (χ1v) is 13.1. The highest BCUT2D eigenvalue weighted by molar-refractivity contribution is 7.15. The first-order chi connectivity index (χ1) is 17.6. The van der Waals surface area contributed by atoms with E-state index < -0.39 is 0 Å². The van der Waals surface area contributed by atoms with Crippen LogP contribution in [0.4, 0.5) is 5.69 Å². The Morgan fingerprint density at radius 1 is 1.03 bits per heavy atom. The molecule has 0 N–H and O–H groups in total. The van der Waals surface area contributed by atoms with Gasteiger partial charge in [-0.15, -0.1) is 5.10 Å². The van der Waals surface area contributed by atoms with Crippen molar-refractivity contribution in [3.05, 3.63) is 81.6 Å². The van der Waals surface area contributed by atoms with Gasteiger partial charge in [0, 0.05) is 17.7 Å². The number of amides is 1. The zero-order valence-corrected chi connectivity index (χ0v) is 21.1. The summed E-state index contributed by atoms with van der Waals surface area (Å²) in [7, 11) is 0. The summed E-state index contributed by atoms with van der Waals surface area (Å²) in [4.78, 5) is 33.8. The van der Waals surface area contributed by atoms with E-state index in [1.807, 2.05) is 53.4 Å². The summed E-state index contributed by atoms with van der Waals surface area (Å²) in [6, 6.07) is 15.1. The van der Waals surface area contributed by atoms with Crippen LogP contribution in [0.1, 0.15) is 44.6 Å². The van der Waals surface area contributed by atoms with Gasteiger partial charge in [-0.2, -0.15) is 9.50 Å². The Kier molecular flexibility index (Phi) is 6.95. The van der Waals surface area contributed by atoms with E-state index in [-0.39, 0.29) is 11.5 Å². The van der Waals surface area contributed by atoms with E-state index in [1.165, 1.54) is 35.1 Å². The predicted molar refractivity (Wildman–Crippen MR) is 144 cm³/mol. The summed E-state index contributed by atoms with van der Waals surface area (Å²) >= 11 is 1.21. The zero-order valence-electron chi connectivity index (χ0n) is 20.3. The van der Waals surface area contributed by atoms with Gasteiger partial charge in [-0.1, -0.05) is 74.8 Å². The number of fused-ring (bicyclic) bond motifs is 2. The molecule has 0 spiro atoms. The summed E-state index contributed by atoms with van der Waals surface area (Å²) in [5.41, 5.74) is 2.58. The lowest BCUT2D eigenvalue weighted by Crippen LogP contribution is -2.33. The van der Waals surface area contributed by atoms with Crippen LogP contribution in [0.5, 0.6) is 5.75 Å². The van der Waals surface area contributed by atoms with Crippen molar-refractivity contribution in [2.24, 2.45) is 0 Å². The van der Waals surface area contributed by atoms with Crippen molar-refractivity contribution in [1.82, 2.24) is 14.6 Å². The third-order valence-corrected chi connectivity index (χ3v) is 7.30. The number of carbonyl (C=O) groups excluding carboxylic acids is 1. The molecule has 7 nitrogen and oxygen atoms in total. The molecule has 0 bridgehead atoms. The molecular weight excluding hydrogens is 472 g/mol. The molecule has 0 fully saturated rings. The summed E-state index contributed by atoms with van der Waals surface area (Å²) in [5, 5.41) is 4.45. The molecule has 1 amide bonds. The van der Waals surface area contributed by atoms with Gasteiger partial charge in [-0.05, 0) is 36.8 Å². The monoisotopic (exact) mass is 500 g/mol. The number of nitrogens with zero attached hydrogens (tertiary/aromatic N) is 4. The second-order valence-electron chi connectivity index (χ2n) is 8.75. The van der Waals surface area contributed by atoms with Crippen LogP contribution in [-0.4, -0.2) is 33.7 Å². The van der Waals surface area contributed by atoms with E-state index in [1.54, 1.807) is 6.08 Å². The number of aromatic nitrogens is 3. The third-order valence-electron chi connectivity index (χ3n) is 6.27. The minimum Gasteiger partial charge on any atom is -0.490 e. The highest BCUT2D eigenvalue weighted by Gasteiger charge is 2.33. The van der Waals surface area contributed by atoms with Crippen molar-refractivity contribution >= 4 is 33.5 Å². The van der Waals surface area contributed by atoms with Crippen LogP contribution in [0.2, 0.25) is 0 Å². The second kappa shape index (κ2) is 10.5. The minimum absolute atomic E-state index is 0.122. The van der Waals surface area contributed by atoms with E-state index in [4.69, 9.17) is 4.74 Å². The Hall–Kier alpha value is -3.78. The number of ether oxygens (including phenoxy) is 1. The summed E-state index contributed by atoms with van der Waals surface area (Å²) in [6.45, 7) is 6.91. The van der Waals surface area contributed by atoms with E-state index in [9.17, 15) is 9.59 Å². The number of unbranched alkanes of at least 4 members (excludes halogenated alkanes) is 4. The number of thiazole rings is 1. The number of hydrogen-bond donors (Lipinski definition) is 0. The number of carbonyl (C=O) groups is 1. The van der Waals surface area contributed by atoms with Gasteiger partial charge in [0.15, 0.2) is 5.82 Å². The molecule has 0 unspecified atom stereocenters. The maximum absolute atomic E-state index is 13.5. The Morgan fingerprint density at radius 3 is 2.56 bits per heavy atom. The van der Waals surface area contributed by atoms with Crippen molar-refractivity contribution in [3.63, 3.8) is 0 Å². The number of hydrogen-bond acceptors (Lipinski definition) is 6. The lowest BCUT2D eigenvalue weighted by Gasteiger charge is -2.16. The molecule has 0 saturated heterocycles. The van der Waals surface area contributed by atoms with Crippen LogP contribution in [0.3, 0.4) is 0 Å². The maximum Gasteiger partial charge on any atom is 0.291 e. The molecule has 0 atom stereocenters. The largest absolute Gasteiger partial charge is 0.490 e. The number of para-hydroxylation sites is 1. The van der Waals surface area contributed by atoms with Crippen LogP contribution in [-0.2, 0) is 4.79 Å². The van der Waals surface area contributed by atoms with E-state index in [0.717, 1.165) is 35.4 Å². The lowest BCUT2D eigenvalue weighted by atomic mass is 10.1. The average Bonchev–Trinajstić information content (AvgIpc) is 3.53. The van der Waals surface area contributed by atoms with Crippen molar-refractivity contribution in [1.29, 1.82) is 0 Å². The van der Waals surface area contributed by atoms with Crippen LogP contribution < -0.4 is 19.7 Å². The fourth-order valence-corrected chi connectivity index (χ4v) is 5.46. The van der Waals surface area contributed by atoms with Crippen molar-refractivity contribution in [3.8, 4) is 17.1 Å². The maximum atomic E-state index is 13.5. The van der Waals surface area contributed by atoms with Gasteiger partial charge >= 0.3 is 0 Å². The van der Waals surface area contributed by atoms with Crippen LogP contribution in [0, 0.1) is 0 Å². The molecular formula is C28H28N4O3S. The fraction of sp³-hybridized carbons (Fsp3) is 0.286. The molecule has 4 aromatic rings. The van der Waals surface area contributed by atoms with E-state index >= 15 is 0 Å². The summed E-state index contributed by atoms with van der Waals surface area (Å²) in [5.74, 6) is 1.05. The van der Waals surface area contributed by atoms with Crippen molar-refractivity contribution < 1.29 is 9.53 Å². The van der Waals surface area contributed by atoms with Gasteiger partial charge in [0.2, 0.25) is 4.96 Å². The standard InChI is InChI=1S/C28H28N4O3S/c1-3-5-6-7-10-17-31-22-12-9-8-11-21(22)23(26(31)33)24-27(34)32-28(36-24)29-25(30-32)19-13-15-20(16-14-19)35-18-4-2/h4,8-9,11-16H,2-3,5-7,10,17-18H2,1H3. The topological polar surface area (TPSA) is 76.8 Å². The third kappa shape index (κ3) is 4.44. The van der Waals surface area contributed by atoms with Gasteiger partial charge in [-0.3, -0.25) is 9.59 Å². The molecule has 3 heterocycles. The molecule has 8 heteroatoms. The van der Waals surface area contributed by atoms with Gasteiger partial charge < -0.3 is 9.64 Å². The lowest BCUT2D eigenvalue weighted by molar-refractivity contribution is -0.113. The molecule has 184 valence electrons. The molecule has 1 aliphatic heterocycles. The number of benzene rings is 2. The van der Waals surface area contributed by atoms with Gasteiger partial charge in [0.05, 0.1) is 11.3 Å². The number of rotatable bonds is 10. The average molecular weight is 501 g/mol. The molecule has 0 radical (unpaired) electrons. The summed E-state index contributed by atoms with van der Waals surface area (Å²) < 4.78 is 7.20. The Morgan fingerprint density at radius 2 is 1.81 bits per heavy atom. The first kappa shape index (κ1) is 23.9. The van der Waals surface area contributed by atoms with Gasteiger partial charge in [0.1, 0.15) is 16.9 Å². The Bertz CT molecular complexity index is 1520.